The molecule has 0 aliphatic carbocycles. The van der Waals surface area contributed by atoms with Crippen LogP contribution in [0.25, 0.3) is 0 Å². The van der Waals surface area contributed by atoms with Gasteiger partial charge in [0.15, 0.2) is 5.82 Å². The fraction of sp³-hybridized carbons (Fsp3) is 0.368. The Kier molecular flexibility index (Phi) is 5.76. The first-order valence-electron chi connectivity index (χ1n) is 8.74. The Morgan fingerprint density at radius 3 is 2.61 bits per heavy atom. The van der Waals surface area contributed by atoms with Crippen LogP contribution in [-0.2, 0) is 18.5 Å². The fourth-order valence-corrected chi connectivity index (χ4v) is 3.10. The molecule has 0 aliphatic heterocycles. The van der Waals surface area contributed by atoms with Crippen LogP contribution in [-0.4, -0.2) is 25.8 Å². The van der Waals surface area contributed by atoms with Gasteiger partial charge in [0.05, 0.1) is 24.3 Å². The second-order valence-corrected chi connectivity index (χ2v) is 8.21. The average Bonchev–Trinajstić information content (AvgIpc) is 3.20. The Morgan fingerprint density at radius 2 is 1.96 bits per heavy atom. The number of nitrogens with zero attached hydrogens (tertiary/aromatic N) is 4. The van der Waals surface area contributed by atoms with Gasteiger partial charge in [0, 0.05) is 10.4 Å². The van der Waals surface area contributed by atoms with Gasteiger partial charge in [-0.05, 0) is 18.6 Å². The number of halogens is 2. The van der Waals surface area contributed by atoms with Crippen LogP contribution in [0.1, 0.15) is 54.1 Å². The van der Waals surface area contributed by atoms with Crippen LogP contribution in [0.5, 0.6) is 0 Å². The molecule has 0 saturated carbocycles. The van der Waals surface area contributed by atoms with E-state index < -0.39 is 0 Å². The molecule has 2 aromatic heterocycles. The molecular formula is C19H21Cl2N5O2. The second-order valence-electron chi connectivity index (χ2n) is 7.45. The van der Waals surface area contributed by atoms with Gasteiger partial charge in [-0.25, -0.2) is 4.68 Å². The van der Waals surface area contributed by atoms with Crippen molar-refractivity contribution in [3.8, 4) is 0 Å². The van der Waals surface area contributed by atoms with Gasteiger partial charge in [-0.15, -0.1) is 0 Å². The quantitative estimate of drug-likeness (QED) is 0.668. The van der Waals surface area contributed by atoms with Crippen LogP contribution in [0.2, 0.25) is 10.2 Å². The monoisotopic (exact) mass is 421 g/mol. The molecule has 7 nitrogen and oxygen atoms in total. The summed E-state index contributed by atoms with van der Waals surface area (Å²) in [4.78, 5) is 16.9. The number of hydrogen-bond acceptors (Lipinski definition) is 5. The highest BCUT2D eigenvalue weighted by Crippen LogP contribution is 2.23. The summed E-state index contributed by atoms with van der Waals surface area (Å²) in [5, 5.41) is 11.9. The molecule has 28 heavy (non-hydrogen) atoms. The lowest BCUT2D eigenvalue weighted by molar-refractivity contribution is 0.0949. The molecule has 3 aromatic rings. The molecule has 0 atom stereocenters. The van der Waals surface area contributed by atoms with Crippen molar-refractivity contribution >= 4 is 29.1 Å². The van der Waals surface area contributed by atoms with E-state index in [4.69, 9.17) is 27.7 Å². The summed E-state index contributed by atoms with van der Waals surface area (Å²) in [6, 6.07) is 7.42. The summed E-state index contributed by atoms with van der Waals surface area (Å²) < 4.78 is 6.78. The molecular weight excluding hydrogens is 401 g/mol. The average molecular weight is 422 g/mol. The van der Waals surface area contributed by atoms with E-state index in [1.807, 2.05) is 39.0 Å². The maximum atomic E-state index is 12.6. The molecule has 0 fully saturated rings. The minimum absolute atomic E-state index is 0.129. The highest BCUT2D eigenvalue weighted by atomic mass is 35.5. The lowest BCUT2D eigenvalue weighted by Crippen LogP contribution is -2.24. The fourth-order valence-electron chi connectivity index (χ4n) is 2.58. The molecule has 9 heteroatoms. The zero-order valence-electron chi connectivity index (χ0n) is 16.1. The molecule has 1 N–H and O–H groups in total. The maximum absolute atomic E-state index is 12.6. The number of aromatic nitrogens is 4. The summed E-state index contributed by atoms with van der Waals surface area (Å²) >= 11 is 12.6. The first-order valence-corrected chi connectivity index (χ1v) is 9.50. The van der Waals surface area contributed by atoms with E-state index in [1.54, 1.807) is 17.7 Å². The third kappa shape index (κ3) is 4.36. The third-order valence-electron chi connectivity index (χ3n) is 4.09. The molecule has 0 unspecified atom stereocenters. The van der Waals surface area contributed by atoms with Crippen molar-refractivity contribution in [2.75, 3.05) is 0 Å². The molecule has 0 spiro atoms. The van der Waals surface area contributed by atoms with E-state index in [0.717, 1.165) is 5.56 Å². The van der Waals surface area contributed by atoms with Gasteiger partial charge in [0.1, 0.15) is 5.15 Å². The first kappa shape index (κ1) is 20.4. The molecule has 148 valence electrons. The van der Waals surface area contributed by atoms with Gasteiger partial charge in [0.2, 0.25) is 5.89 Å². The SMILES string of the molecule is Cc1nn(Cc2ccccc2Cl)c(Cl)c1C(=O)NCc1noc(C(C)(C)C)n1. The summed E-state index contributed by atoms with van der Waals surface area (Å²) in [5.41, 5.74) is 1.45. The van der Waals surface area contributed by atoms with Crippen molar-refractivity contribution in [2.24, 2.45) is 0 Å². The van der Waals surface area contributed by atoms with Crippen molar-refractivity contribution in [1.29, 1.82) is 0 Å². The smallest absolute Gasteiger partial charge is 0.256 e. The number of aryl methyl sites for hydroxylation is 1. The highest BCUT2D eigenvalue weighted by molar-refractivity contribution is 6.33. The topological polar surface area (TPSA) is 85.8 Å². The predicted octanol–water partition coefficient (Wildman–Crippen LogP) is 4.16. The van der Waals surface area contributed by atoms with Crippen LogP contribution in [0.4, 0.5) is 0 Å². The summed E-state index contributed by atoms with van der Waals surface area (Å²) in [6.07, 6.45) is 0. The zero-order chi connectivity index (χ0) is 20.5. The maximum Gasteiger partial charge on any atom is 0.256 e. The number of carbonyl (C=O) groups is 1. The number of hydrogen-bond donors (Lipinski definition) is 1. The molecule has 0 aliphatic rings. The first-order chi connectivity index (χ1) is 13.2. The van der Waals surface area contributed by atoms with Crippen molar-refractivity contribution < 1.29 is 9.32 Å². The second kappa shape index (κ2) is 7.93. The third-order valence-corrected chi connectivity index (χ3v) is 4.84. The predicted molar refractivity (Wildman–Crippen MR) is 107 cm³/mol. The molecule has 1 aromatic carbocycles. The standard InChI is InChI=1S/C19H21Cl2N5O2/c1-11-15(16(21)26(24-11)10-12-7-5-6-8-13(12)20)17(27)22-9-14-23-18(28-25-14)19(2,3)4/h5-8H,9-10H2,1-4H3,(H,22,27). The van der Waals surface area contributed by atoms with E-state index in [2.05, 4.69) is 20.6 Å². The van der Waals surface area contributed by atoms with Crippen molar-refractivity contribution in [3.05, 3.63) is 63.0 Å². The Bertz CT molecular complexity index is 1000. The molecule has 0 bridgehead atoms. The molecule has 3 rings (SSSR count). The highest BCUT2D eigenvalue weighted by Gasteiger charge is 2.23. The van der Waals surface area contributed by atoms with Crippen LogP contribution < -0.4 is 5.32 Å². The van der Waals surface area contributed by atoms with E-state index in [9.17, 15) is 4.79 Å². The largest absolute Gasteiger partial charge is 0.344 e. The van der Waals surface area contributed by atoms with Crippen LogP contribution in [0, 0.1) is 6.92 Å². The van der Waals surface area contributed by atoms with Crippen LogP contribution in [0.3, 0.4) is 0 Å². The van der Waals surface area contributed by atoms with Gasteiger partial charge in [-0.1, -0.05) is 67.3 Å². The number of carbonyl (C=O) groups excluding carboxylic acids is 1. The Balaban J connectivity index is 1.73. The van der Waals surface area contributed by atoms with Crippen molar-refractivity contribution in [1.82, 2.24) is 25.2 Å². The summed E-state index contributed by atoms with van der Waals surface area (Å²) in [5.74, 6) is 0.559. The summed E-state index contributed by atoms with van der Waals surface area (Å²) in [7, 11) is 0. The van der Waals surface area contributed by atoms with Crippen molar-refractivity contribution in [2.45, 2.75) is 46.2 Å². The van der Waals surface area contributed by atoms with E-state index >= 15 is 0 Å². The normalized spacial score (nSPS) is 11.6. The zero-order valence-corrected chi connectivity index (χ0v) is 17.6. The molecule has 0 radical (unpaired) electrons. The lowest BCUT2D eigenvalue weighted by Gasteiger charge is -2.10. The number of benzene rings is 1. The van der Waals surface area contributed by atoms with Crippen molar-refractivity contribution in [3.63, 3.8) is 0 Å². The van der Waals surface area contributed by atoms with E-state index in [0.29, 0.717) is 34.5 Å². The summed E-state index contributed by atoms with van der Waals surface area (Å²) in [6.45, 7) is 8.14. The molecule has 2 heterocycles. The Labute approximate surface area is 173 Å². The van der Waals surface area contributed by atoms with E-state index in [-0.39, 0.29) is 23.0 Å². The van der Waals surface area contributed by atoms with Crippen LogP contribution in [0.15, 0.2) is 28.8 Å². The van der Waals surface area contributed by atoms with Gasteiger partial charge in [0.25, 0.3) is 5.91 Å². The van der Waals surface area contributed by atoms with Crippen LogP contribution >= 0.6 is 23.2 Å². The van der Waals surface area contributed by atoms with E-state index in [1.165, 1.54) is 0 Å². The minimum atomic E-state index is -0.352. The Hall–Kier alpha value is -2.38. The molecule has 0 saturated heterocycles. The number of amides is 1. The minimum Gasteiger partial charge on any atom is -0.344 e. The van der Waals surface area contributed by atoms with Gasteiger partial charge in [-0.2, -0.15) is 10.1 Å². The number of rotatable bonds is 5. The van der Waals surface area contributed by atoms with Gasteiger partial charge < -0.3 is 9.84 Å². The lowest BCUT2D eigenvalue weighted by atomic mass is 9.97. The Morgan fingerprint density at radius 1 is 1.25 bits per heavy atom. The molecule has 1 amide bonds. The van der Waals surface area contributed by atoms with Gasteiger partial charge in [-0.3, -0.25) is 4.79 Å². The number of nitrogens with one attached hydrogen (secondary N) is 1. The van der Waals surface area contributed by atoms with Gasteiger partial charge >= 0.3 is 0 Å².